The number of hydrogen-bond acceptors (Lipinski definition) is 1. The van der Waals surface area contributed by atoms with Crippen LogP contribution in [-0.4, -0.2) is 5.78 Å². The van der Waals surface area contributed by atoms with E-state index in [1.165, 1.54) is 18.4 Å². The fourth-order valence-corrected chi connectivity index (χ4v) is 2.50. The number of allylic oxidation sites excluding steroid dienone is 1. The number of ketones is 1. The van der Waals surface area contributed by atoms with Gasteiger partial charge >= 0.3 is 0 Å². The average Bonchev–Trinajstić information content (AvgIpc) is 2.16. The predicted molar refractivity (Wildman–Crippen MR) is 60.1 cm³/mol. The molecule has 0 aromatic rings. The van der Waals surface area contributed by atoms with E-state index in [0.29, 0.717) is 17.6 Å². The smallest absolute Gasteiger partial charge is 0.132 e. The van der Waals surface area contributed by atoms with Gasteiger partial charge < -0.3 is 0 Å². The molecule has 80 valence electrons. The first-order valence-electron chi connectivity index (χ1n) is 5.70. The first kappa shape index (κ1) is 11.5. The van der Waals surface area contributed by atoms with Crippen LogP contribution < -0.4 is 0 Å². The summed E-state index contributed by atoms with van der Waals surface area (Å²) < 4.78 is 0. The third-order valence-corrected chi connectivity index (χ3v) is 3.65. The van der Waals surface area contributed by atoms with E-state index in [1.54, 1.807) is 6.92 Å². The van der Waals surface area contributed by atoms with Crippen molar-refractivity contribution in [2.45, 2.75) is 46.5 Å². The van der Waals surface area contributed by atoms with Gasteiger partial charge in [0, 0.05) is 5.92 Å². The van der Waals surface area contributed by atoms with Crippen LogP contribution in [0.15, 0.2) is 12.2 Å². The van der Waals surface area contributed by atoms with Gasteiger partial charge in [0.25, 0.3) is 0 Å². The lowest BCUT2D eigenvalue weighted by Gasteiger charge is -2.33. The van der Waals surface area contributed by atoms with Crippen LogP contribution in [0.5, 0.6) is 0 Å². The summed E-state index contributed by atoms with van der Waals surface area (Å²) in [6.45, 7) is 10.1. The minimum absolute atomic E-state index is 0.301. The molecule has 0 amide bonds. The zero-order valence-electron chi connectivity index (χ0n) is 9.68. The number of rotatable bonds is 3. The first-order chi connectivity index (χ1) is 6.54. The van der Waals surface area contributed by atoms with Crippen LogP contribution in [0.1, 0.15) is 46.5 Å². The van der Waals surface area contributed by atoms with Gasteiger partial charge in [-0.15, -0.1) is 0 Å². The largest absolute Gasteiger partial charge is 0.300 e. The van der Waals surface area contributed by atoms with Crippen LogP contribution in [-0.2, 0) is 4.79 Å². The van der Waals surface area contributed by atoms with Gasteiger partial charge in [-0.05, 0) is 44.9 Å². The lowest BCUT2D eigenvalue weighted by molar-refractivity contribution is -0.122. The van der Waals surface area contributed by atoms with E-state index in [2.05, 4.69) is 20.4 Å². The van der Waals surface area contributed by atoms with E-state index in [4.69, 9.17) is 0 Å². The molecule has 0 aromatic heterocycles. The second kappa shape index (κ2) is 4.77. The summed E-state index contributed by atoms with van der Waals surface area (Å²) >= 11 is 0. The van der Waals surface area contributed by atoms with Gasteiger partial charge in [-0.3, -0.25) is 4.79 Å². The summed E-state index contributed by atoms with van der Waals surface area (Å²) in [7, 11) is 0. The van der Waals surface area contributed by atoms with E-state index in [0.717, 1.165) is 18.8 Å². The molecule has 3 atom stereocenters. The van der Waals surface area contributed by atoms with Gasteiger partial charge in [0.15, 0.2) is 0 Å². The van der Waals surface area contributed by atoms with E-state index in [9.17, 15) is 4.79 Å². The normalized spacial score (nSPS) is 32.6. The number of Topliss-reactive ketones (excluding diaryl/α,β-unsaturated/α-hetero) is 1. The number of hydrogen-bond donors (Lipinski definition) is 0. The van der Waals surface area contributed by atoms with Crippen LogP contribution in [0.4, 0.5) is 0 Å². The maximum atomic E-state index is 11.4. The van der Waals surface area contributed by atoms with Gasteiger partial charge in [-0.1, -0.05) is 25.5 Å². The Morgan fingerprint density at radius 3 is 2.21 bits per heavy atom. The summed E-state index contributed by atoms with van der Waals surface area (Å²) in [6, 6.07) is 0. The Balaban J connectivity index is 2.66. The lowest BCUT2D eigenvalue weighted by atomic mass is 9.71. The minimum atomic E-state index is 0.301. The molecule has 0 saturated heterocycles. The molecule has 1 aliphatic rings. The molecule has 0 radical (unpaired) electrons. The molecular formula is C13H22O. The standard InChI is InChI=1S/C13H22O/c1-5-11-6-12(9(2)3)8-13(7-11)10(4)14/h11-13H,2,5-8H2,1,3-4H3/t11-,12?,13?/m0/s1. The van der Waals surface area contributed by atoms with Crippen molar-refractivity contribution in [2.24, 2.45) is 17.8 Å². The summed E-state index contributed by atoms with van der Waals surface area (Å²) in [6.07, 6.45) is 4.60. The third-order valence-electron chi connectivity index (χ3n) is 3.65. The lowest BCUT2D eigenvalue weighted by Crippen LogP contribution is -2.27. The molecule has 1 saturated carbocycles. The highest BCUT2D eigenvalue weighted by Gasteiger charge is 2.30. The second-order valence-corrected chi connectivity index (χ2v) is 4.83. The molecule has 1 fully saturated rings. The van der Waals surface area contributed by atoms with Crippen molar-refractivity contribution < 1.29 is 4.79 Å². The molecule has 14 heavy (non-hydrogen) atoms. The Kier molecular flexibility index (Phi) is 3.91. The molecule has 0 N–H and O–H groups in total. The highest BCUT2D eigenvalue weighted by Crippen LogP contribution is 2.38. The fourth-order valence-electron chi connectivity index (χ4n) is 2.50. The summed E-state index contributed by atoms with van der Waals surface area (Å²) in [4.78, 5) is 11.4. The van der Waals surface area contributed by atoms with Crippen LogP contribution in [0.2, 0.25) is 0 Å². The third kappa shape index (κ3) is 2.70. The molecule has 0 bridgehead atoms. The van der Waals surface area contributed by atoms with Crippen LogP contribution in [0.3, 0.4) is 0 Å². The number of carbonyl (C=O) groups excluding carboxylic acids is 1. The molecule has 0 aliphatic heterocycles. The first-order valence-corrected chi connectivity index (χ1v) is 5.70. The molecule has 0 heterocycles. The highest BCUT2D eigenvalue weighted by atomic mass is 16.1. The van der Waals surface area contributed by atoms with Crippen molar-refractivity contribution in [3.05, 3.63) is 12.2 Å². The van der Waals surface area contributed by atoms with Crippen molar-refractivity contribution >= 4 is 5.78 Å². The zero-order valence-corrected chi connectivity index (χ0v) is 9.68. The van der Waals surface area contributed by atoms with Crippen LogP contribution in [0, 0.1) is 17.8 Å². The summed E-state index contributed by atoms with van der Waals surface area (Å²) in [5.74, 6) is 1.99. The molecular weight excluding hydrogens is 172 g/mol. The zero-order chi connectivity index (χ0) is 10.7. The average molecular weight is 194 g/mol. The van der Waals surface area contributed by atoms with Crippen molar-refractivity contribution in [2.75, 3.05) is 0 Å². The Labute approximate surface area is 87.6 Å². The molecule has 1 nitrogen and oxygen atoms in total. The monoisotopic (exact) mass is 194 g/mol. The Morgan fingerprint density at radius 1 is 1.21 bits per heavy atom. The maximum absolute atomic E-state index is 11.4. The summed E-state index contributed by atoms with van der Waals surface area (Å²) in [5.41, 5.74) is 1.26. The van der Waals surface area contributed by atoms with E-state index < -0.39 is 0 Å². The molecule has 1 aliphatic carbocycles. The maximum Gasteiger partial charge on any atom is 0.132 e. The fraction of sp³-hybridized carbons (Fsp3) is 0.769. The van der Waals surface area contributed by atoms with E-state index in [1.807, 2.05) is 0 Å². The SMILES string of the molecule is C=C(C)C1CC(C(C)=O)C[C@@H](CC)C1. The van der Waals surface area contributed by atoms with Gasteiger partial charge in [0.05, 0.1) is 0 Å². The number of carbonyl (C=O) groups is 1. The van der Waals surface area contributed by atoms with Crippen LogP contribution >= 0.6 is 0 Å². The minimum Gasteiger partial charge on any atom is -0.300 e. The quantitative estimate of drug-likeness (QED) is 0.627. The van der Waals surface area contributed by atoms with Gasteiger partial charge in [-0.2, -0.15) is 0 Å². The molecule has 0 aromatic carbocycles. The highest BCUT2D eigenvalue weighted by molar-refractivity contribution is 5.78. The van der Waals surface area contributed by atoms with Crippen LogP contribution in [0.25, 0.3) is 0 Å². The molecule has 1 rings (SSSR count). The molecule has 0 spiro atoms. The van der Waals surface area contributed by atoms with Crippen molar-refractivity contribution in [1.29, 1.82) is 0 Å². The molecule has 1 heteroatoms. The van der Waals surface area contributed by atoms with Crippen molar-refractivity contribution in [3.63, 3.8) is 0 Å². The van der Waals surface area contributed by atoms with Crippen molar-refractivity contribution in [1.82, 2.24) is 0 Å². The van der Waals surface area contributed by atoms with E-state index in [-0.39, 0.29) is 0 Å². The van der Waals surface area contributed by atoms with Gasteiger partial charge in [0.2, 0.25) is 0 Å². The predicted octanol–water partition coefficient (Wildman–Crippen LogP) is 3.59. The Bertz CT molecular complexity index is 207. The van der Waals surface area contributed by atoms with E-state index >= 15 is 0 Å². The summed E-state index contributed by atoms with van der Waals surface area (Å²) in [5, 5.41) is 0. The second-order valence-electron chi connectivity index (χ2n) is 4.83. The topological polar surface area (TPSA) is 17.1 Å². The van der Waals surface area contributed by atoms with Gasteiger partial charge in [0.1, 0.15) is 5.78 Å². The van der Waals surface area contributed by atoms with Crippen molar-refractivity contribution in [3.8, 4) is 0 Å². The van der Waals surface area contributed by atoms with Gasteiger partial charge in [-0.25, -0.2) is 0 Å². The Hall–Kier alpha value is -0.590. The molecule has 2 unspecified atom stereocenters. The Morgan fingerprint density at radius 2 is 1.79 bits per heavy atom.